The molecule has 0 amide bonds. The van der Waals surface area contributed by atoms with E-state index in [2.05, 4.69) is 32.8 Å². The summed E-state index contributed by atoms with van der Waals surface area (Å²) in [5.41, 5.74) is 4.48. The first-order chi connectivity index (χ1) is 6.49. The van der Waals surface area contributed by atoms with Crippen LogP contribution in [0.2, 0.25) is 0 Å². The zero-order valence-corrected chi connectivity index (χ0v) is 9.77. The first-order valence-electron chi connectivity index (χ1n) is 5.60. The van der Waals surface area contributed by atoms with Gasteiger partial charge in [-0.1, -0.05) is 38.8 Å². The highest BCUT2D eigenvalue weighted by Crippen LogP contribution is 2.43. The number of hydrogen-bond acceptors (Lipinski definition) is 2. The summed E-state index contributed by atoms with van der Waals surface area (Å²) < 4.78 is 0. The summed E-state index contributed by atoms with van der Waals surface area (Å²) >= 11 is 0. The van der Waals surface area contributed by atoms with Gasteiger partial charge in [0.05, 0.1) is 0 Å². The van der Waals surface area contributed by atoms with Crippen LogP contribution < -0.4 is 11.3 Å². The first-order valence-corrected chi connectivity index (χ1v) is 5.60. The number of hydrazine groups is 1. The van der Waals surface area contributed by atoms with Gasteiger partial charge < -0.3 is 0 Å². The van der Waals surface area contributed by atoms with Crippen LogP contribution in [0.15, 0.2) is 12.2 Å². The van der Waals surface area contributed by atoms with E-state index in [4.69, 9.17) is 5.84 Å². The molecule has 1 rings (SSSR count). The molecule has 82 valence electrons. The van der Waals surface area contributed by atoms with E-state index in [1.165, 1.54) is 25.7 Å². The third kappa shape index (κ3) is 2.37. The van der Waals surface area contributed by atoms with Crippen molar-refractivity contribution >= 4 is 0 Å². The summed E-state index contributed by atoms with van der Waals surface area (Å²) in [6.07, 6.45) is 5.27. The lowest BCUT2D eigenvalue weighted by molar-refractivity contribution is 0.110. The second-order valence-corrected chi connectivity index (χ2v) is 5.33. The molecule has 1 fully saturated rings. The predicted octanol–water partition coefficient (Wildman–Crippen LogP) is 2.61. The molecule has 2 atom stereocenters. The van der Waals surface area contributed by atoms with Crippen molar-refractivity contribution in [2.45, 2.75) is 52.5 Å². The zero-order chi connectivity index (χ0) is 10.8. The normalized spacial score (nSPS) is 28.4. The van der Waals surface area contributed by atoms with E-state index in [1.54, 1.807) is 0 Å². The number of hydrogen-bond donors (Lipinski definition) is 2. The molecule has 0 aromatic carbocycles. The first kappa shape index (κ1) is 11.7. The number of nitrogens with two attached hydrogens (primary N) is 1. The van der Waals surface area contributed by atoms with Crippen molar-refractivity contribution in [3.05, 3.63) is 12.2 Å². The molecule has 0 aromatic heterocycles. The number of rotatable bonds is 3. The van der Waals surface area contributed by atoms with Crippen LogP contribution in [0.4, 0.5) is 0 Å². The maximum atomic E-state index is 5.61. The van der Waals surface area contributed by atoms with Crippen molar-refractivity contribution in [3.63, 3.8) is 0 Å². The van der Waals surface area contributed by atoms with Gasteiger partial charge in [0.15, 0.2) is 0 Å². The Morgan fingerprint density at radius 2 is 2.14 bits per heavy atom. The van der Waals surface area contributed by atoms with Crippen molar-refractivity contribution in [2.24, 2.45) is 17.2 Å². The largest absolute Gasteiger partial charge is 0.271 e. The zero-order valence-electron chi connectivity index (χ0n) is 9.77. The fourth-order valence-corrected chi connectivity index (χ4v) is 2.74. The molecule has 0 heterocycles. The molecular weight excluding hydrogens is 172 g/mol. The topological polar surface area (TPSA) is 38.0 Å². The van der Waals surface area contributed by atoms with Crippen LogP contribution in [-0.4, -0.2) is 6.04 Å². The van der Waals surface area contributed by atoms with Crippen LogP contribution >= 0.6 is 0 Å². The average Bonchev–Trinajstić information content (AvgIpc) is 2.08. The molecule has 1 saturated carbocycles. The van der Waals surface area contributed by atoms with Gasteiger partial charge in [-0.25, -0.2) is 0 Å². The fourth-order valence-electron chi connectivity index (χ4n) is 2.74. The maximum absolute atomic E-state index is 5.61. The lowest BCUT2D eigenvalue weighted by Gasteiger charge is -2.43. The van der Waals surface area contributed by atoms with Crippen molar-refractivity contribution in [1.82, 2.24) is 5.43 Å². The standard InChI is InChI=1S/C12H24N2/c1-9(2)11(14-13)10-7-5-6-8-12(10,3)4/h10-11,14H,1,5-8,13H2,2-4H3. The molecule has 2 heteroatoms. The second-order valence-electron chi connectivity index (χ2n) is 5.33. The van der Waals surface area contributed by atoms with Gasteiger partial charge in [0, 0.05) is 6.04 Å². The third-order valence-corrected chi connectivity index (χ3v) is 3.70. The van der Waals surface area contributed by atoms with E-state index in [-0.39, 0.29) is 6.04 Å². The molecule has 1 aliphatic rings. The molecule has 0 spiro atoms. The monoisotopic (exact) mass is 196 g/mol. The van der Waals surface area contributed by atoms with Crippen LogP contribution in [0.3, 0.4) is 0 Å². The van der Waals surface area contributed by atoms with Crippen LogP contribution in [0, 0.1) is 11.3 Å². The molecule has 3 N–H and O–H groups in total. The van der Waals surface area contributed by atoms with Crippen LogP contribution in [-0.2, 0) is 0 Å². The van der Waals surface area contributed by atoms with Gasteiger partial charge in [-0.05, 0) is 31.1 Å². The van der Waals surface area contributed by atoms with Gasteiger partial charge >= 0.3 is 0 Å². The summed E-state index contributed by atoms with van der Waals surface area (Å²) in [5.74, 6) is 6.25. The van der Waals surface area contributed by atoms with Gasteiger partial charge in [0.1, 0.15) is 0 Å². The third-order valence-electron chi connectivity index (χ3n) is 3.70. The predicted molar refractivity (Wildman–Crippen MR) is 61.7 cm³/mol. The van der Waals surface area contributed by atoms with E-state index in [0.717, 1.165) is 5.57 Å². The quantitative estimate of drug-likeness (QED) is 0.414. The van der Waals surface area contributed by atoms with Crippen LogP contribution in [0.5, 0.6) is 0 Å². The van der Waals surface area contributed by atoms with Crippen LogP contribution in [0.25, 0.3) is 0 Å². The van der Waals surface area contributed by atoms with Crippen LogP contribution in [0.1, 0.15) is 46.5 Å². The Bertz CT molecular complexity index is 208. The fraction of sp³-hybridized carbons (Fsp3) is 0.833. The number of nitrogens with one attached hydrogen (secondary N) is 1. The van der Waals surface area contributed by atoms with E-state index in [0.29, 0.717) is 11.3 Å². The molecule has 0 bridgehead atoms. The Balaban J connectivity index is 2.76. The molecule has 0 aliphatic heterocycles. The average molecular weight is 196 g/mol. The molecule has 2 unspecified atom stereocenters. The molecule has 14 heavy (non-hydrogen) atoms. The van der Waals surface area contributed by atoms with Crippen molar-refractivity contribution in [3.8, 4) is 0 Å². The molecule has 0 aromatic rings. The lowest BCUT2D eigenvalue weighted by atomic mass is 9.65. The second kappa shape index (κ2) is 4.45. The van der Waals surface area contributed by atoms with E-state index < -0.39 is 0 Å². The Labute approximate surface area is 87.9 Å². The molecule has 0 radical (unpaired) electrons. The van der Waals surface area contributed by atoms with E-state index >= 15 is 0 Å². The Morgan fingerprint density at radius 1 is 1.50 bits per heavy atom. The SMILES string of the molecule is C=C(C)C(NN)C1CCCCC1(C)C. The Hall–Kier alpha value is -0.340. The summed E-state index contributed by atoms with van der Waals surface area (Å²) in [6.45, 7) is 10.8. The van der Waals surface area contributed by atoms with Gasteiger partial charge in [-0.15, -0.1) is 0 Å². The van der Waals surface area contributed by atoms with Crippen molar-refractivity contribution < 1.29 is 0 Å². The van der Waals surface area contributed by atoms with Crippen molar-refractivity contribution in [1.29, 1.82) is 0 Å². The highest BCUT2D eigenvalue weighted by Gasteiger charge is 2.37. The van der Waals surface area contributed by atoms with E-state index in [1.807, 2.05) is 0 Å². The molecule has 1 aliphatic carbocycles. The van der Waals surface area contributed by atoms with E-state index in [9.17, 15) is 0 Å². The maximum Gasteiger partial charge on any atom is 0.0447 e. The lowest BCUT2D eigenvalue weighted by Crippen LogP contribution is -2.48. The smallest absolute Gasteiger partial charge is 0.0447 e. The minimum absolute atomic E-state index is 0.283. The highest BCUT2D eigenvalue weighted by atomic mass is 15.2. The minimum Gasteiger partial charge on any atom is -0.271 e. The minimum atomic E-state index is 0.283. The molecular formula is C12H24N2. The summed E-state index contributed by atoms with van der Waals surface area (Å²) in [5, 5.41) is 0. The van der Waals surface area contributed by atoms with Crippen molar-refractivity contribution in [2.75, 3.05) is 0 Å². The Morgan fingerprint density at radius 3 is 2.57 bits per heavy atom. The molecule has 2 nitrogen and oxygen atoms in total. The summed E-state index contributed by atoms with van der Waals surface area (Å²) in [7, 11) is 0. The molecule has 0 saturated heterocycles. The van der Waals surface area contributed by atoms with Gasteiger partial charge in [0.2, 0.25) is 0 Å². The Kier molecular flexibility index (Phi) is 3.73. The van der Waals surface area contributed by atoms with Gasteiger partial charge in [-0.3, -0.25) is 11.3 Å². The highest BCUT2D eigenvalue weighted by molar-refractivity contribution is 5.07. The summed E-state index contributed by atoms with van der Waals surface area (Å²) in [6, 6.07) is 0.283. The summed E-state index contributed by atoms with van der Waals surface area (Å²) in [4.78, 5) is 0. The van der Waals surface area contributed by atoms with Gasteiger partial charge in [0.25, 0.3) is 0 Å². The van der Waals surface area contributed by atoms with Gasteiger partial charge in [-0.2, -0.15) is 0 Å².